The van der Waals surface area contributed by atoms with Crippen molar-refractivity contribution in [1.29, 1.82) is 0 Å². The van der Waals surface area contributed by atoms with Gasteiger partial charge < -0.3 is 0 Å². The van der Waals surface area contributed by atoms with Crippen LogP contribution in [0.5, 0.6) is 0 Å². The van der Waals surface area contributed by atoms with Gasteiger partial charge in [0.05, 0.1) is 0 Å². The van der Waals surface area contributed by atoms with Crippen molar-refractivity contribution < 1.29 is 9.59 Å². The average molecular weight is 252 g/mol. The van der Waals surface area contributed by atoms with Crippen molar-refractivity contribution in [2.45, 2.75) is 13.8 Å². The molecule has 0 saturated heterocycles. The summed E-state index contributed by atoms with van der Waals surface area (Å²) in [5.41, 5.74) is 1.91. The minimum atomic E-state index is -0.0318. The second kappa shape index (κ2) is 5.61. The van der Waals surface area contributed by atoms with E-state index in [-0.39, 0.29) is 17.5 Å². The third kappa shape index (κ3) is 2.97. The number of hydrogen-bond acceptors (Lipinski definition) is 2. The molecular formula is C17H16O2. The maximum Gasteiger partial charge on any atom is 0.193 e. The zero-order valence-electron chi connectivity index (χ0n) is 11.1. The molecule has 0 N–H and O–H groups in total. The van der Waals surface area contributed by atoms with Gasteiger partial charge in [0.1, 0.15) is 0 Å². The Morgan fingerprint density at radius 1 is 0.737 bits per heavy atom. The van der Waals surface area contributed by atoms with Gasteiger partial charge in [-0.05, 0) is 0 Å². The monoisotopic (exact) mass is 252 g/mol. The first-order chi connectivity index (χ1) is 9.09. The van der Waals surface area contributed by atoms with Crippen LogP contribution in [0, 0.1) is 5.92 Å². The summed E-state index contributed by atoms with van der Waals surface area (Å²) in [5, 5.41) is 0. The maximum atomic E-state index is 12.2. The molecule has 2 heteroatoms. The van der Waals surface area contributed by atoms with E-state index in [9.17, 15) is 9.59 Å². The van der Waals surface area contributed by atoms with E-state index in [1.807, 2.05) is 32.0 Å². The van der Waals surface area contributed by atoms with E-state index in [0.717, 1.165) is 0 Å². The zero-order chi connectivity index (χ0) is 13.8. The highest BCUT2D eigenvalue weighted by Crippen LogP contribution is 2.13. The predicted molar refractivity (Wildman–Crippen MR) is 75.5 cm³/mol. The van der Waals surface area contributed by atoms with E-state index < -0.39 is 0 Å². The Balaban J connectivity index is 2.24. The van der Waals surface area contributed by atoms with E-state index in [4.69, 9.17) is 0 Å². The first-order valence-electron chi connectivity index (χ1n) is 6.33. The molecule has 0 aromatic heterocycles. The molecule has 0 radical (unpaired) electrons. The molecule has 0 unspecified atom stereocenters. The summed E-state index contributed by atoms with van der Waals surface area (Å²) in [5.74, 6) is 0.0403. The first-order valence-corrected chi connectivity index (χ1v) is 6.33. The molecule has 0 aliphatic heterocycles. The van der Waals surface area contributed by atoms with E-state index in [0.29, 0.717) is 16.7 Å². The van der Waals surface area contributed by atoms with Gasteiger partial charge in [0.15, 0.2) is 11.6 Å². The Labute approximate surface area is 113 Å². The summed E-state index contributed by atoms with van der Waals surface area (Å²) < 4.78 is 0. The van der Waals surface area contributed by atoms with Crippen molar-refractivity contribution in [3.63, 3.8) is 0 Å². The molecule has 0 bridgehead atoms. The van der Waals surface area contributed by atoms with Gasteiger partial charge in [-0.3, -0.25) is 9.59 Å². The summed E-state index contributed by atoms with van der Waals surface area (Å²) in [6.07, 6.45) is 0. The van der Waals surface area contributed by atoms with E-state index in [1.54, 1.807) is 36.4 Å². The summed E-state index contributed by atoms with van der Waals surface area (Å²) in [7, 11) is 0. The highest BCUT2D eigenvalue weighted by molar-refractivity contribution is 6.09. The smallest absolute Gasteiger partial charge is 0.193 e. The molecule has 0 fully saturated rings. The number of benzene rings is 2. The van der Waals surface area contributed by atoms with Gasteiger partial charge in [-0.2, -0.15) is 0 Å². The van der Waals surface area contributed by atoms with Crippen LogP contribution in [0.4, 0.5) is 0 Å². The van der Waals surface area contributed by atoms with E-state index in [1.165, 1.54) is 0 Å². The largest absolute Gasteiger partial charge is 0.294 e. The van der Waals surface area contributed by atoms with Gasteiger partial charge in [-0.25, -0.2) is 0 Å². The Bertz CT molecular complexity index is 580. The highest BCUT2D eigenvalue weighted by Gasteiger charge is 2.12. The Morgan fingerprint density at radius 3 is 1.74 bits per heavy atom. The SMILES string of the molecule is CC(C)C(=O)c1ccc(C(=O)c2ccccc2)cc1. The van der Waals surface area contributed by atoms with Crippen molar-refractivity contribution in [1.82, 2.24) is 0 Å². The predicted octanol–water partition coefficient (Wildman–Crippen LogP) is 3.76. The minimum Gasteiger partial charge on any atom is -0.294 e. The zero-order valence-corrected chi connectivity index (χ0v) is 11.1. The molecule has 2 aromatic carbocycles. The van der Waals surface area contributed by atoms with E-state index in [2.05, 4.69) is 0 Å². The lowest BCUT2D eigenvalue weighted by Gasteiger charge is -2.05. The van der Waals surface area contributed by atoms with Gasteiger partial charge in [0, 0.05) is 22.6 Å². The summed E-state index contributed by atoms with van der Waals surface area (Å²) in [4.78, 5) is 24.0. The van der Waals surface area contributed by atoms with Gasteiger partial charge in [0.2, 0.25) is 0 Å². The van der Waals surface area contributed by atoms with Crippen LogP contribution in [-0.2, 0) is 0 Å². The third-order valence-corrected chi connectivity index (χ3v) is 2.99. The van der Waals surface area contributed by atoms with Crippen LogP contribution in [0.3, 0.4) is 0 Å². The van der Waals surface area contributed by atoms with Crippen molar-refractivity contribution >= 4 is 11.6 Å². The van der Waals surface area contributed by atoms with Crippen LogP contribution in [0.25, 0.3) is 0 Å². The Morgan fingerprint density at radius 2 is 1.21 bits per heavy atom. The number of rotatable bonds is 4. The van der Waals surface area contributed by atoms with Crippen LogP contribution in [-0.4, -0.2) is 11.6 Å². The first kappa shape index (κ1) is 13.2. The highest BCUT2D eigenvalue weighted by atomic mass is 16.1. The topological polar surface area (TPSA) is 34.1 Å². The lowest BCUT2D eigenvalue weighted by atomic mass is 9.97. The molecule has 2 nitrogen and oxygen atoms in total. The van der Waals surface area contributed by atoms with Gasteiger partial charge in [0.25, 0.3) is 0 Å². The number of ketones is 2. The van der Waals surface area contributed by atoms with E-state index >= 15 is 0 Å². The molecule has 19 heavy (non-hydrogen) atoms. The molecule has 0 atom stereocenters. The second-order valence-corrected chi connectivity index (χ2v) is 4.79. The van der Waals surface area contributed by atoms with Gasteiger partial charge in [-0.1, -0.05) is 68.4 Å². The summed E-state index contributed by atoms with van der Waals surface area (Å²) in [6.45, 7) is 3.73. The number of carbonyl (C=O) groups is 2. The third-order valence-electron chi connectivity index (χ3n) is 2.99. The molecule has 2 aromatic rings. The average Bonchev–Trinajstić information content (AvgIpc) is 2.46. The van der Waals surface area contributed by atoms with Gasteiger partial charge >= 0.3 is 0 Å². The Hall–Kier alpha value is -2.22. The lowest BCUT2D eigenvalue weighted by Crippen LogP contribution is -2.08. The molecule has 0 aliphatic carbocycles. The fraction of sp³-hybridized carbons (Fsp3) is 0.176. The molecule has 0 heterocycles. The van der Waals surface area contributed by atoms with Crippen LogP contribution in [0.1, 0.15) is 40.1 Å². The maximum absolute atomic E-state index is 12.2. The molecule has 2 rings (SSSR count). The molecule has 96 valence electrons. The second-order valence-electron chi connectivity index (χ2n) is 4.79. The van der Waals surface area contributed by atoms with Crippen LogP contribution < -0.4 is 0 Å². The Kier molecular flexibility index (Phi) is 3.91. The quantitative estimate of drug-likeness (QED) is 0.776. The summed E-state index contributed by atoms with van der Waals surface area (Å²) >= 11 is 0. The van der Waals surface area contributed by atoms with Crippen molar-refractivity contribution in [2.24, 2.45) is 5.92 Å². The lowest BCUT2D eigenvalue weighted by molar-refractivity contribution is 0.0938. The molecular weight excluding hydrogens is 236 g/mol. The molecule has 0 spiro atoms. The standard InChI is InChI=1S/C17H16O2/c1-12(2)16(18)14-8-10-15(11-9-14)17(19)13-6-4-3-5-7-13/h3-12H,1-2H3. The van der Waals surface area contributed by atoms with Gasteiger partial charge in [-0.15, -0.1) is 0 Å². The van der Waals surface area contributed by atoms with Crippen LogP contribution in [0.2, 0.25) is 0 Å². The fourth-order valence-corrected chi connectivity index (χ4v) is 1.88. The fourth-order valence-electron chi connectivity index (χ4n) is 1.88. The summed E-state index contributed by atoms with van der Waals surface area (Å²) in [6, 6.07) is 16.0. The van der Waals surface area contributed by atoms with Crippen molar-refractivity contribution in [3.8, 4) is 0 Å². The number of carbonyl (C=O) groups excluding carboxylic acids is 2. The minimum absolute atomic E-state index is 0.0239. The normalized spacial score (nSPS) is 10.5. The number of Topliss-reactive ketones (excluding diaryl/α,β-unsaturated/α-hetero) is 1. The van der Waals surface area contributed by atoms with Crippen molar-refractivity contribution in [3.05, 3.63) is 71.3 Å². The van der Waals surface area contributed by atoms with Crippen LogP contribution in [0.15, 0.2) is 54.6 Å². The van der Waals surface area contributed by atoms with Crippen molar-refractivity contribution in [2.75, 3.05) is 0 Å². The molecule has 0 amide bonds. The number of hydrogen-bond donors (Lipinski definition) is 0. The molecule has 0 aliphatic rings. The van der Waals surface area contributed by atoms with Crippen LogP contribution >= 0.6 is 0 Å². The molecule has 0 saturated carbocycles.